The Morgan fingerprint density at radius 1 is 1.35 bits per heavy atom. The van der Waals surface area contributed by atoms with Crippen LogP contribution in [0.4, 0.5) is 13.2 Å². The fraction of sp³-hybridized carbons (Fsp3) is 1.00. The Bertz CT molecular complexity index is 299. The van der Waals surface area contributed by atoms with Crippen LogP contribution in [0, 0.1) is 0 Å². The van der Waals surface area contributed by atoms with Crippen molar-refractivity contribution >= 4 is 0 Å². The summed E-state index contributed by atoms with van der Waals surface area (Å²) >= 11 is 0. The highest BCUT2D eigenvalue weighted by Crippen LogP contribution is 2.55. The van der Waals surface area contributed by atoms with E-state index in [2.05, 4.69) is 5.32 Å². The number of piperazine rings is 1. The van der Waals surface area contributed by atoms with Gasteiger partial charge in [0.25, 0.3) is 0 Å². The van der Waals surface area contributed by atoms with E-state index in [9.17, 15) is 13.2 Å². The molecule has 1 aliphatic carbocycles. The molecule has 2 nitrogen and oxygen atoms in total. The Hall–Kier alpha value is -0.290. The lowest BCUT2D eigenvalue weighted by Crippen LogP contribution is -2.67. The van der Waals surface area contributed by atoms with Gasteiger partial charge in [0.05, 0.1) is 0 Å². The largest absolute Gasteiger partial charge is 0.406 e. The lowest BCUT2D eigenvalue weighted by molar-refractivity contribution is -0.208. The highest BCUT2D eigenvalue weighted by Gasteiger charge is 2.68. The molecule has 0 amide bonds. The van der Waals surface area contributed by atoms with E-state index in [1.807, 2.05) is 20.8 Å². The van der Waals surface area contributed by atoms with Crippen LogP contribution in [0.2, 0.25) is 0 Å². The molecule has 1 heterocycles. The highest BCUT2D eigenvalue weighted by atomic mass is 19.4. The second-order valence-electron chi connectivity index (χ2n) is 5.80. The molecule has 1 N–H and O–H groups in total. The maximum absolute atomic E-state index is 13.1. The van der Waals surface area contributed by atoms with Crippen molar-refractivity contribution in [2.45, 2.75) is 63.3 Å². The van der Waals surface area contributed by atoms with Gasteiger partial charge in [0, 0.05) is 24.7 Å². The summed E-state index contributed by atoms with van der Waals surface area (Å²) in [7, 11) is 0. The van der Waals surface area contributed by atoms with E-state index in [-0.39, 0.29) is 24.4 Å². The van der Waals surface area contributed by atoms with Crippen molar-refractivity contribution < 1.29 is 13.2 Å². The molecule has 2 atom stereocenters. The van der Waals surface area contributed by atoms with Crippen molar-refractivity contribution in [2.24, 2.45) is 0 Å². The first-order valence-corrected chi connectivity index (χ1v) is 6.33. The van der Waals surface area contributed by atoms with Crippen molar-refractivity contribution in [3.63, 3.8) is 0 Å². The van der Waals surface area contributed by atoms with Crippen molar-refractivity contribution in [2.75, 3.05) is 13.1 Å². The van der Waals surface area contributed by atoms with Gasteiger partial charge in [0.15, 0.2) is 0 Å². The van der Waals surface area contributed by atoms with Gasteiger partial charge >= 0.3 is 6.18 Å². The second-order valence-corrected chi connectivity index (χ2v) is 5.80. The second kappa shape index (κ2) is 3.85. The minimum absolute atomic E-state index is 0.0428. The molecule has 0 spiro atoms. The van der Waals surface area contributed by atoms with Gasteiger partial charge < -0.3 is 5.32 Å². The number of nitrogens with one attached hydrogen (secondary N) is 1. The number of halogens is 3. The van der Waals surface area contributed by atoms with Gasteiger partial charge in [-0.1, -0.05) is 6.92 Å². The van der Waals surface area contributed by atoms with Crippen molar-refractivity contribution in [1.29, 1.82) is 0 Å². The molecule has 0 aromatic carbocycles. The first-order valence-electron chi connectivity index (χ1n) is 6.33. The van der Waals surface area contributed by atoms with E-state index in [4.69, 9.17) is 0 Å². The molecule has 1 saturated heterocycles. The third kappa shape index (κ3) is 2.08. The third-order valence-corrected chi connectivity index (χ3v) is 4.46. The SMILES string of the molecule is CCC1(C)CN(C2(C(F)(F)F)CC2)C(C)CN1. The van der Waals surface area contributed by atoms with Crippen LogP contribution in [0.5, 0.6) is 0 Å². The molecule has 2 aliphatic rings. The lowest BCUT2D eigenvalue weighted by atomic mass is 9.92. The zero-order valence-corrected chi connectivity index (χ0v) is 10.7. The maximum Gasteiger partial charge on any atom is 0.406 e. The molecule has 2 fully saturated rings. The molecule has 2 rings (SSSR count). The van der Waals surface area contributed by atoms with E-state index in [1.165, 1.54) is 0 Å². The number of rotatable bonds is 2. The topological polar surface area (TPSA) is 15.3 Å². The van der Waals surface area contributed by atoms with Gasteiger partial charge in [-0.15, -0.1) is 0 Å². The van der Waals surface area contributed by atoms with Crippen LogP contribution in [0.1, 0.15) is 40.0 Å². The van der Waals surface area contributed by atoms with E-state index < -0.39 is 11.7 Å². The first kappa shape index (κ1) is 13.1. The quantitative estimate of drug-likeness (QED) is 0.810. The molecular formula is C12H21F3N2. The van der Waals surface area contributed by atoms with Crippen molar-refractivity contribution in [1.82, 2.24) is 10.2 Å². The minimum atomic E-state index is -4.09. The molecule has 17 heavy (non-hydrogen) atoms. The smallest absolute Gasteiger partial charge is 0.309 e. The van der Waals surface area contributed by atoms with Gasteiger partial charge in [-0.05, 0) is 33.1 Å². The summed E-state index contributed by atoms with van der Waals surface area (Å²) in [6, 6.07) is -0.0428. The Balaban J connectivity index is 2.19. The van der Waals surface area contributed by atoms with E-state index in [1.54, 1.807) is 4.90 Å². The zero-order valence-electron chi connectivity index (χ0n) is 10.7. The average Bonchev–Trinajstić information content (AvgIpc) is 3.02. The molecule has 0 bridgehead atoms. The summed E-state index contributed by atoms with van der Waals surface area (Å²) in [5.74, 6) is 0. The Morgan fingerprint density at radius 2 is 1.94 bits per heavy atom. The maximum atomic E-state index is 13.1. The molecule has 5 heteroatoms. The minimum Gasteiger partial charge on any atom is -0.309 e. The summed E-state index contributed by atoms with van der Waals surface area (Å²) in [5.41, 5.74) is -1.71. The van der Waals surface area contributed by atoms with Crippen molar-refractivity contribution in [3.05, 3.63) is 0 Å². The lowest BCUT2D eigenvalue weighted by Gasteiger charge is -2.49. The number of nitrogens with zero attached hydrogens (tertiary/aromatic N) is 1. The number of hydrogen-bond acceptors (Lipinski definition) is 2. The Labute approximate surface area is 101 Å². The molecule has 100 valence electrons. The molecule has 0 aromatic rings. The van der Waals surface area contributed by atoms with Crippen LogP contribution in [-0.4, -0.2) is 41.3 Å². The molecule has 0 radical (unpaired) electrons. The van der Waals surface area contributed by atoms with Gasteiger partial charge in [-0.3, -0.25) is 4.90 Å². The predicted octanol–water partition coefficient (Wildman–Crippen LogP) is 2.54. The molecule has 1 saturated carbocycles. The van der Waals surface area contributed by atoms with Crippen LogP contribution in [-0.2, 0) is 0 Å². The van der Waals surface area contributed by atoms with E-state index in [0.29, 0.717) is 13.1 Å². The highest BCUT2D eigenvalue weighted by molar-refractivity contribution is 5.13. The molecule has 2 unspecified atom stereocenters. The summed E-state index contributed by atoms with van der Waals surface area (Å²) in [6.07, 6.45) is -2.71. The van der Waals surface area contributed by atoms with E-state index in [0.717, 1.165) is 6.42 Å². The Morgan fingerprint density at radius 3 is 2.35 bits per heavy atom. The van der Waals surface area contributed by atoms with Gasteiger partial charge in [0.2, 0.25) is 0 Å². The van der Waals surface area contributed by atoms with Gasteiger partial charge in [-0.25, -0.2) is 0 Å². The number of alkyl halides is 3. The normalized spacial score (nSPS) is 38.1. The van der Waals surface area contributed by atoms with Gasteiger partial charge in [0.1, 0.15) is 5.54 Å². The summed E-state index contributed by atoms with van der Waals surface area (Å²) in [4.78, 5) is 1.69. The molecule has 1 aliphatic heterocycles. The number of hydrogen-bond donors (Lipinski definition) is 1. The van der Waals surface area contributed by atoms with Crippen LogP contribution in [0.15, 0.2) is 0 Å². The summed E-state index contributed by atoms with van der Waals surface area (Å²) in [5, 5.41) is 3.37. The Kier molecular flexibility index (Phi) is 2.98. The monoisotopic (exact) mass is 250 g/mol. The molecule has 0 aromatic heterocycles. The van der Waals surface area contributed by atoms with Crippen LogP contribution < -0.4 is 5.32 Å². The average molecular weight is 250 g/mol. The fourth-order valence-electron chi connectivity index (χ4n) is 2.75. The third-order valence-electron chi connectivity index (χ3n) is 4.46. The van der Waals surface area contributed by atoms with Crippen molar-refractivity contribution in [3.8, 4) is 0 Å². The predicted molar refractivity (Wildman–Crippen MR) is 60.9 cm³/mol. The fourth-order valence-corrected chi connectivity index (χ4v) is 2.75. The van der Waals surface area contributed by atoms with Crippen LogP contribution in [0.3, 0.4) is 0 Å². The van der Waals surface area contributed by atoms with Gasteiger partial charge in [-0.2, -0.15) is 13.2 Å². The van der Waals surface area contributed by atoms with Crippen LogP contribution >= 0.6 is 0 Å². The summed E-state index contributed by atoms with van der Waals surface area (Å²) < 4.78 is 39.4. The van der Waals surface area contributed by atoms with Crippen LogP contribution in [0.25, 0.3) is 0 Å². The standard InChI is InChI=1S/C12H21F3N2/c1-4-10(3)8-17(9(2)7-16-10)11(5-6-11)12(13,14)15/h9,16H,4-8H2,1-3H3. The molecular weight excluding hydrogens is 229 g/mol. The zero-order chi connectivity index (χ0) is 12.9. The summed E-state index contributed by atoms with van der Waals surface area (Å²) in [6.45, 7) is 7.05. The van der Waals surface area contributed by atoms with E-state index >= 15 is 0 Å². The first-order chi connectivity index (χ1) is 7.74.